The minimum Gasteiger partial charge on any atom is -0.353 e. The molecule has 1 fully saturated rings. The van der Waals surface area contributed by atoms with Crippen molar-refractivity contribution in [3.05, 3.63) is 60.2 Å². The zero-order chi connectivity index (χ0) is 19.1. The molecule has 27 heavy (non-hydrogen) atoms. The van der Waals surface area contributed by atoms with Crippen molar-refractivity contribution in [1.82, 2.24) is 29.9 Å². The maximum absolute atomic E-state index is 4.78. The van der Waals surface area contributed by atoms with Gasteiger partial charge in [0.25, 0.3) is 0 Å². The first-order valence-electron chi connectivity index (χ1n) is 9.42. The molecule has 0 atom stereocenters. The first-order valence-corrected chi connectivity index (χ1v) is 9.42. The van der Waals surface area contributed by atoms with Crippen LogP contribution in [-0.4, -0.2) is 63.2 Å². The number of aryl methyl sites for hydroxylation is 1. The van der Waals surface area contributed by atoms with Crippen molar-refractivity contribution in [3.8, 4) is 0 Å². The average Bonchev–Trinajstić information content (AvgIpc) is 3.02. The van der Waals surface area contributed by atoms with E-state index < -0.39 is 0 Å². The Labute approximate surface area is 161 Å². The smallest absolute Gasteiger partial charge is 0.194 e. The summed E-state index contributed by atoms with van der Waals surface area (Å²) in [6.07, 6.45) is 1.85. The van der Waals surface area contributed by atoms with Gasteiger partial charge in [0.1, 0.15) is 12.4 Å². The highest BCUT2D eigenvalue weighted by Crippen LogP contribution is 2.09. The number of hydrogen-bond donors (Lipinski definition) is 1. The summed E-state index contributed by atoms with van der Waals surface area (Å²) in [5, 5.41) is 11.7. The Balaban J connectivity index is 1.59. The first kappa shape index (κ1) is 19.1. The van der Waals surface area contributed by atoms with Crippen molar-refractivity contribution in [2.45, 2.75) is 20.0 Å². The van der Waals surface area contributed by atoms with Gasteiger partial charge in [-0.15, -0.1) is 16.8 Å². The number of rotatable bonds is 6. The van der Waals surface area contributed by atoms with Crippen LogP contribution in [0.3, 0.4) is 0 Å². The van der Waals surface area contributed by atoms with Crippen LogP contribution in [0.4, 0.5) is 0 Å². The van der Waals surface area contributed by atoms with Crippen LogP contribution < -0.4 is 5.32 Å². The number of nitrogens with one attached hydrogen (secondary N) is 1. The van der Waals surface area contributed by atoms with Gasteiger partial charge in [-0.25, -0.2) is 4.99 Å². The van der Waals surface area contributed by atoms with Crippen LogP contribution in [0, 0.1) is 6.92 Å². The van der Waals surface area contributed by atoms with Gasteiger partial charge in [-0.1, -0.05) is 36.4 Å². The molecule has 0 bridgehead atoms. The third kappa shape index (κ3) is 5.17. The average molecular weight is 368 g/mol. The second-order valence-corrected chi connectivity index (χ2v) is 6.78. The maximum atomic E-state index is 4.78. The lowest BCUT2D eigenvalue weighted by molar-refractivity contribution is 0.172. The van der Waals surface area contributed by atoms with Gasteiger partial charge in [-0.3, -0.25) is 4.90 Å². The van der Waals surface area contributed by atoms with Crippen molar-refractivity contribution in [2.24, 2.45) is 12.0 Å². The van der Waals surface area contributed by atoms with E-state index in [2.05, 4.69) is 62.2 Å². The van der Waals surface area contributed by atoms with E-state index in [1.807, 2.05) is 24.6 Å². The number of nitrogens with zero attached hydrogens (tertiary/aromatic N) is 6. The summed E-state index contributed by atoms with van der Waals surface area (Å²) in [6, 6.07) is 10.6. The highest BCUT2D eigenvalue weighted by molar-refractivity contribution is 5.80. The predicted molar refractivity (Wildman–Crippen MR) is 108 cm³/mol. The second kappa shape index (κ2) is 9.32. The van der Waals surface area contributed by atoms with Crippen molar-refractivity contribution in [1.29, 1.82) is 0 Å². The van der Waals surface area contributed by atoms with Crippen molar-refractivity contribution in [3.63, 3.8) is 0 Å². The fourth-order valence-corrected chi connectivity index (χ4v) is 3.12. The van der Waals surface area contributed by atoms with Gasteiger partial charge >= 0.3 is 0 Å². The molecule has 1 aromatic heterocycles. The first-order chi connectivity index (χ1) is 13.2. The molecular formula is C20H29N7. The van der Waals surface area contributed by atoms with Crippen LogP contribution in [0.2, 0.25) is 0 Å². The second-order valence-electron chi connectivity index (χ2n) is 6.78. The molecule has 3 rings (SSSR count). The van der Waals surface area contributed by atoms with E-state index in [-0.39, 0.29) is 0 Å². The van der Waals surface area contributed by atoms with Crippen LogP contribution in [0.15, 0.2) is 48.0 Å². The summed E-state index contributed by atoms with van der Waals surface area (Å²) in [7, 11) is 1.97. The van der Waals surface area contributed by atoms with Gasteiger partial charge in [0.15, 0.2) is 11.8 Å². The topological polar surface area (TPSA) is 61.6 Å². The number of piperazine rings is 1. The third-order valence-electron chi connectivity index (χ3n) is 4.88. The molecule has 0 amide bonds. The molecule has 0 saturated carbocycles. The molecule has 1 aliphatic rings. The van der Waals surface area contributed by atoms with Gasteiger partial charge < -0.3 is 14.8 Å². The quantitative estimate of drug-likeness (QED) is 0.477. The normalized spacial score (nSPS) is 15.8. The van der Waals surface area contributed by atoms with Crippen LogP contribution in [0.5, 0.6) is 0 Å². The molecule has 1 saturated heterocycles. The maximum Gasteiger partial charge on any atom is 0.194 e. The Bertz CT molecular complexity index is 758. The lowest BCUT2D eigenvalue weighted by Crippen LogP contribution is -2.52. The number of aromatic nitrogens is 3. The summed E-state index contributed by atoms with van der Waals surface area (Å²) in [5.41, 5.74) is 1.36. The Morgan fingerprint density at radius 1 is 1.19 bits per heavy atom. The van der Waals surface area contributed by atoms with E-state index in [0.717, 1.165) is 50.3 Å². The largest absolute Gasteiger partial charge is 0.353 e. The number of guanidine groups is 1. The Morgan fingerprint density at radius 2 is 1.93 bits per heavy atom. The van der Waals surface area contributed by atoms with E-state index in [0.29, 0.717) is 13.1 Å². The fraction of sp³-hybridized carbons (Fsp3) is 0.450. The minimum atomic E-state index is 0.515. The Hall–Kier alpha value is -2.67. The molecule has 0 radical (unpaired) electrons. The van der Waals surface area contributed by atoms with Crippen LogP contribution in [0.1, 0.15) is 17.2 Å². The summed E-state index contributed by atoms with van der Waals surface area (Å²) in [4.78, 5) is 9.58. The van der Waals surface area contributed by atoms with Crippen LogP contribution in [0.25, 0.3) is 0 Å². The highest BCUT2D eigenvalue weighted by atomic mass is 15.4. The number of hydrogen-bond acceptors (Lipinski definition) is 4. The monoisotopic (exact) mass is 367 g/mol. The van der Waals surface area contributed by atoms with Crippen molar-refractivity contribution in [2.75, 3.05) is 32.7 Å². The van der Waals surface area contributed by atoms with E-state index in [1.165, 1.54) is 5.56 Å². The zero-order valence-corrected chi connectivity index (χ0v) is 16.3. The molecule has 7 nitrogen and oxygen atoms in total. The summed E-state index contributed by atoms with van der Waals surface area (Å²) >= 11 is 0. The van der Waals surface area contributed by atoms with Gasteiger partial charge in [0.2, 0.25) is 0 Å². The van der Waals surface area contributed by atoms with Crippen molar-refractivity contribution < 1.29 is 0 Å². The molecule has 0 unspecified atom stereocenters. The molecule has 7 heteroatoms. The Morgan fingerprint density at radius 3 is 2.56 bits per heavy atom. The fourth-order valence-electron chi connectivity index (χ4n) is 3.12. The van der Waals surface area contributed by atoms with E-state index in [1.54, 1.807) is 0 Å². The van der Waals surface area contributed by atoms with E-state index in [4.69, 9.17) is 4.99 Å². The third-order valence-corrected chi connectivity index (χ3v) is 4.88. The molecule has 0 spiro atoms. The number of aliphatic imine (C=N–C) groups is 1. The van der Waals surface area contributed by atoms with Crippen molar-refractivity contribution >= 4 is 5.96 Å². The SMILES string of the molecule is C=CCNC(=NCc1nnc(C)n1C)N1CCN(Cc2ccccc2)CC1. The van der Waals surface area contributed by atoms with Gasteiger partial charge in [-0.05, 0) is 12.5 Å². The molecule has 1 aromatic carbocycles. The highest BCUT2D eigenvalue weighted by Gasteiger charge is 2.20. The van der Waals surface area contributed by atoms with Gasteiger partial charge in [0, 0.05) is 46.3 Å². The molecule has 1 N–H and O–H groups in total. The summed E-state index contributed by atoms with van der Waals surface area (Å²) in [5.74, 6) is 2.68. The molecule has 2 aromatic rings. The van der Waals surface area contributed by atoms with E-state index in [9.17, 15) is 0 Å². The minimum absolute atomic E-state index is 0.515. The van der Waals surface area contributed by atoms with E-state index >= 15 is 0 Å². The molecular weight excluding hydrogens is 338 g/mol. The van der Waals surface area contributed by atoms with Crippen LogP contribution in [-0.2, 0) is 20.1 Å². The molecule has 144 valence electrons. The molecule has 1 aliphatic heterocycles. The lowest BCUT2D eigenvalue weighted by atomic mass is 10.2. The summed E-state index contributed by atoms with van der Waals surface area (Å²) in [6.45, 7) is 11.9. The van der Waals surface area contributed by atoms with Gasteiger partial charge in [0.05, 0.1) is 0 Å². The lowest BCUT2D eigenvalue weighted by Gasteiger charge is -2.36. The zero-order valence-electron chi connectivity index (χ0n) is 16.3. The van der Waals surface area contributed by atoms with Gasteiger partial charge in [-0.2, -0.15) is 0 Å². The predicted octanol–water partition coefficient (Wildman–Crippen LogP) is 1.57. The molecule has 2 heterocycles. The van der Waals surface area contributed by atoms with Crippen LogP contribution >= 0.6 is 0 Å². The summed E-state index contributed by atoms with van der Waals surface area (Å²) < 4.78 is 1.98. The number of benzene rings is 1. The molecule has 0 aliphatic carbocycles. The standard InChI is InChI=1S/C20H29N7/c1-4-10-21-20(22-15-19-24-23-17(2)25(19)3)27-13-11-26(12-14-27)16-18-8-6-5-7-9-18/h4-9H,1,10-16H2,2-3H3,(H,21,22). The Kier molecular flexibility index (Phi) is 6.59.